The largest absolute Gasteiger partial charge is 0.573 e. The SMILES string of the molecule is O=C(O)NCc1nn(-c2ccc(OC(F)(F)F)cc2)c2nccc(N3CCC(O)CC3)c12. The van der Waals surface area contributed by atoms with E-state index in [1.54, 1.807) is 12.3 Å². The molecule has 0 radical (unpaired) electrons. The second-order valence-electron chi connectivity index (χ2n) is 7.31. The summed E-state index contributed by atoms with van der Waals surface area (Å²) in [5, 5.41) is 26.3. The zero-order valence-corrected chi connectivity index (χ0v) is 16.7. The molecule has 1 aliphatic rings. The highest BCUT2D eigenvalue weighted by Gasteiger charge is 2.31. The second kappa shape index (κ2) is 8.54. The highest BCUT2D eigenvalue weighted by molar-refractivity contribution is 5.93. The number of halogens is 3. The molecule has 0 spiro atoms. The van der Waals surface area contributed by atoms with Crippen molar-refractivity contribution in [3.63, 3.8) is 0 Å². The Kier molecular flexibility index (Phi) is 5.78. The Morgan fingerprint density at radius 2 is 1.88 bits per heavy atom. The van der Waals surface area contributed by atoms with Crippen molar-refractivity contribution in [1.82, 2.24) is 20.1 Å². The van der Waals surface area contributed by atoms with Gasteiger partial charge in [-0.2, -0.15) is 5.10 Å². The number of carbonyl (C=O) groups is 1. The number of rotatable bonds is 5. The average Bonchev–Trinajstić information content (AvgIpc) is 3.11. The molecule has 9 nitrogen and oxygen atoms in total. The van der Waals surface area contributed by atoms with Crippen LogP contribution in [-0.2, 0) is 6.54 Å². The third-order valence-corrected chi connectivity index (χ3v) is 5.15. The van der Waals surface area contributed by atoms with Crippen LogP contribution in [0.5, 0.6) is 5.75 Å². The highest BCUT2D eigenvalue weighted by atomic mass is 19.4. The van der Waals surface area contributed by atoms with Crippen LogP contribution in [-0.4, -0.2) is 56.6 Å². The number of benzene rings is 1. The Bertz CT molecular complexity index is 1110. The molecule has 3 N–H and O–H groups in total. The van der Waals surface area contributed by atoms with Crippen molar-refractivity contribution < 1.29 is 32.9 Å². The molecule has 0 unspecified atom stereocenters. The summed E-state index contributed by atoms with van der Waals surface area (Å²) in [5.74, 6) is -0.369. The Hall–Kier alpha value is -3.54. The van der Waals surface area contributed by atoms with Crippen LogP contribution in [0.2, 0.25) is 0 Å². The third-order valence-electron chi connectivity index (χ3n) is 5.15. The monoisotopic (exact) mass is 451 g/mol. The van der Waals surface area contributed by atoms with Crippen molar-refractivity contribution in [3.8, 4) is 11.4 Å². The van der Waals surface area contributed by atoms with Crippen LogP contribution < -0.4 is 15.0 Å². The maximum absolute atomic E-state index is 12.4. The molecule has 0 aliphatic carbocycles. The van der Waals surface area contributed by atoms with E-state index in [1.165, 1.54) is 28.9 Å². The first-order valence-electron chi connectivity index (χ1n) is 9.84. The number of piperidine rings is 1. The minimum absolute atomic E-state index is 0.0801. The number of hydrogen-bond donors (Lipinski definition) is 3. The van der Waals surface area contributed by atoms with Gasteiger partial charge in [-0.1, -0.05) is 0 Å². The molecule has 1 aliphatic heterocycles. The maximum atomic E-state index is 12.4. The first-order chi connectivity index (χ1) is 15.2. The molecule has 0 atom stereocenters. The molecule has 1 amide bonds. The fourth-order valence-electron chi connectivity index (χ4n) is 3.72. The lowest BCUT2D eigenvalue weighted by Crippen LogP contribution is -2.36. The summed E-state index contributed by atoms with van der Waals surface area (Å²) in [6, 6.07) is 6.96. The van der Waals surface area contributed by atoms with E-state index in [0.29, 0.717) is 48.3 Å². The zero-order valence-electron chi connectivity index (χ0n) is 16.7. The third kappa shape index (κ3) is 4.69. The Balaban J connectivity index is 1.76. The predicted molar refractivity (Wildman–Crippen MR) is 108 cm³/mol. The van der Waals surface area contributed by atoms with Gasteiger partial charge in [-0.15, -0.1) is 13.2 Å². The minimum Gasteiger partial charge on any atom is -0.465 e. The average molecular weight is 451 g/mol. The summed E-state index contributed by atoms with van der Waals surface area (Å²) >= 11 is 0. The van der Waals surface area contributed by atoms with Gasteiger partial charge in [-0.3, -0.25) is 0 Å². The fraction of sp³-hybridized carbons (Fsp3) is 0.350. The molecule has 3 aromatic rings. The highest BCUT2D eigenvalue weighted by Crippen LogP contribution is 2.32. The molecule has 0 bridgehead atoms. The van der Waals surface area contributed by atoms with Crippen LogP contribution in [0, 0.1) is 0 Å². The van der Waals surface area contributed by atoms with Gasteiger partial charge in [0.25, 0.3) is 0 Å². The number of aliphatic hydroxyl groups is 1. The van der Waals surface area contributed by atoms with E-state index in [4.69, 9.17) is 5.11 Å². The van der Waals surface area contributed by atoms with E-state index >= 15 is 0 Å². The van der Waals surface area contributed by atoms with E-state index in [1.807, 2.05) is 0 Å². The lowest BCUT2D eigenvalue weighted by Gasteiger charge is -2.31. The van der Waals surface area contributed by atoms with Gasteiger partial charge < -0.3 is 25.2 Å². The van der Waals surface area contributed by atoms with Crippen LogP contribution in [0.25, 0.3) is 16.7 Å². The van der Waals surface area contributed by atoms with Gasteiger partial charge in [-0.05, 0) is 43.2 Å². The van der Waals surface area contributed by atoms with Crippen molar-refractivity contribution in [2.24, 2.45) is 0 Å². The van der Waals surface area contributed by atoms with Crippen LogP contribution in [0.3, 0.4) is 0 Å². The van der Waals surface area contributed by atoms with Gasteiger partial charge in [0.2, 0.25) is 0 Å². The summed E-state index contributed by atoms with van der Waals surface area (Å²) in [5.41, 5.74) is 2.09. The number of amides is 1. The second-order valence-corrected chi connectivity index (χ2v) is 7.31. The van der Waals surface area contributed by atoms with Gasteiger partial charge in [0.1, 0.15) is 5.75 Å². The molecule has 3 heterocycles. The van der Waals surface area contributed by atoms with Gasteiger partial charge in [0, 0.05) is 19.3 Å². The summed E-state index contributed by atoms with van der Waals surface area (Å²) in [6.45, 7) is 1.14. The molecule has 1 saturated heterocycles. The maximum Gasteiger partial charge on any atom is 0.573 e. The summed E-state index contributed by atoms with van der Waals surface area (Å²) in [6.07, 6.45) is -3.59. The molecular weight excluding hydrogens is 431 g/mol. The number of ether oxygens (including phenoxy) is 1. The number of nitrogens with one attached hydrogen (secondary N) is 1. The van der Waals surface area contributed by atoms with Crippen LogP contribution in [0.15, 0.2) is 36.5 Å². The molecule has 1 fully saturated rings. The Morgan fingerprint density at radius 1 is 1.19 bits per heavy atom. The lowest BCUT2D eigenvalue weighted by molar-refractivity contribution is -0.274. The standard InChI is InChI=1S/C20H20F3N5O4/c21-20(22,23)32-14-3-1-12(2-4-14)28-18-17(15(26-28)11-25-19(30)31)16(5-8-24-18)27-9-6-13(29)7-10-27/h1-5,8,13,25,29H,6-7,9-11H2,(H,30,31). The fourth-order valence-corrected chi connectivity index (χ4v) is 3.72. The molecule has 2 aromatic heterocycles. The van der Waals surface area contributed by atoms with Crippen molar-refractivity contribution in [1.29, 1.82) is 0 Å². The van der Waals surface area contributed by atoms with Gasteiger partial charge in [0.05, 0.1) is 35.1 Å². The lowest BCUT2D eigenvalue weighted by atomic mass is 10.1. The molecule has 1 aromatic carbocycles. The molecule has 0 saturated carbocycles. The quantitative estimate of drug-likeness (QED) is 0.547. The number of carboxylic acid groups (broad SMARTS) is 1. The summed E-state index contributed by atoms with van der Waals surface area (Å²) in [7, 11) is 0. The van der Waals surface area contributed by atoms with Crippen LogP contribution in [0.1, 0.15) is 18.5 Å². The van der Waals surface area contributed by atoms with Crippen LogP contribution in [0.4, 0.5) is 23.7 Å². The number of fused-ring (bicyclic) bond motifs is 1. The van der Waals surface area contributed by atoms with E-state index in [2.05, 4.69) is 25.0 Å². The predicted octanol–water partition coefficient (Wildman–Crippen LogP) is 3.05. The first kappa shape index (κ1) is 21.7. The van der Waals surface area contributed by atoms with Gasteiger partial charge in [-0.25, -0.2) is 14.5 Å². The topological polar surface area (TPSA) is 113 Å². The zero-order chi connectivity index (χ0) is 22.9. The molecule has 12 heteroatoms. The molecule has 170 valence electrons. The van der Waals surface area contributed by atoms with Crippen molar-refractivity contribution >= 4 is 22.8 Å². The number of alkyl halides is 3. The number of aliphatic hydroxyl groups excluding tert-OH is 1. The number of nitrogens with zero attached hydrogens (tertiary/aromatic N) is 4. The van der Waals surface area contributed by atoms with E-state index < -0.39 is 12.5 Å². The number of hydrogen-bond acceptors (Lipinski definition) is 6. The van der Waals surface area contributed by atoms with E-state index in [-0.39, 0.29) is 18.4 Å². The number of anilines is 1. The minimum atomic E-state index is -4.80. The first-order valence-corrected chi connectivity index (χ1v) is 9.84. The molecular formula is C20H20F3N5O4. The Labute approximate surface area is 180 Å². The van der Waals surface area contributed by atoms with E-state index in [0.717, 1.165) is 5.69 Å². The molecule has 4 rings (SSSR count). The van der Waals surface area contributed by atoms with Crippen molar-refractivity contribution in [2.45, 2.75) is 31.9 Å². The Morgan fingerprint density at radius 3 is 2.50 bits per heavy atom. The van der Waals surface area contributed by atoms with Crippen molar-refractivity contribution in [3.05, 3.63) is 42.2 Å². The van der Waals surface area contributed by atoms with Crippen LogP contribution >= 0.6 is 0 Å². The van der Waals surface area contributed by atoms with Gasteiger partial charge in [0.15, 0.2) is 5.65 Å². The number of pyridine rings is 1. The normalized spacial score (nSPS) is 15.2. The molecule has 32 heavy (non-hydrogen) atoms. The van der Waals surface area contributed by atoms with Crippen molar-refractivity contribution in [2.75, 3.05) is 18.0 Å². The van der Waals surface area contributed by atoms with E-state index in [9.17, 15) is 23.1 Å². The van der Waals surface area contributed by atoms with Gasteiger partial charge >= 0.3 is 12.5 Å². The summed E-state index contributed by atoms with van der Waals surface area (Å²) < 4.78 is 42.7. The summed E-state index contributed by atoms with van der Waals surface area (Å²) in [4.78, 5) is 17.5. The number of aromatic nitrogens is 3. The smallest absolute Gasteiger partial charge is 0.465 e.